The summed E-state index contributed by atoms with van der Waals surface area (Å²) in [7, 11) is 0. The lowest BCUT2D eigenvalue weighted by molar-refractivity contribution is 0.471. The molecule has 2 rings (SSSR count). The molecule has 106 valence electrons. The number of nitrogens with one attached hydrogen (secondary N) is 1. The van der Waals surface area contributed by atoms with Crippen molar-refractivity contribution in [3.63, 3.8) is 0 Å². The number of fused-ring (bicyclic) bond motifs is 1. The van der Waals surface area contributed by atoms with Crippen LogP contribution in [-0.4, -0.2) is 22.6 Å². The molecule has 1 heterocycles. The quantitative estimate of drug-likeness (QED) is 0.827. The fraction of sp³-hybridized carbons (Fsp3) is 0.750. The first-order chi connectivity index (χ1) is 9.24. The lowest BCUT2D eigenvalue weighted by Crippen LogP contribution is -2.32. The Balaban J connectivity index is 2.19. The predicted octanol–water partition coefficient (Wildman–Crippen LogP) is 3.24. The van der Waals surface area contributed by atoms with Crippen molar-refractivity contribution in [3.05, 3.63) is 23.3 Å². The van der Waals surface area contributed by atoms with Gasteiger partial charge in [-0.15, -0.1) is 0 Å². The van der Waals surface area contributed by atoms with Gasteiger partial charge in [0.1, 0.15) is 6.33 Å². The molecule has 0 saturated carbocycles. The topological polar surface area (TPSA) is 37.8 Å². The maximum absolute atomic E-state index is 4.61. The van der Waals surface area contributed by atoms with Crippen molar-refractivity contribution in [1.82, 2.24) is 15.3 Å². The van der Waals surface area contributed by atoms with Crippen LogP contribution in [-0.2, 0) is 12.8 Å². The molecule has 0 aliphatic heterocycles. The third-order valence-electron chi connectivity index (χ3n) is 4.31. The second-order valence-corrected chi connectivity index (χ2v) is 5.78. The molecule has 2 atom stereocenters. The van der Waals surface area contributed by atoms with Crippen LogP contribution in [0.4, 0.5) is 0 Å². The molecule has 0 amide bonds. The van der Waals surface area contributed by atoms with Crippen molar-refractivity contribution in [3.8, 4) is 0 Å². The summed E-state index contributed by atoms with van der Waals surface area (Å²) in [5.41, 5.74) is 4.03. The Morgan fingerprint density at radius 2 is 1.95 bits per heavy atom. The Bertz CT molecular complexity index is 403. The molecule has 1 aliphatic rings. The van der Waals surface area contributed by atoms with Crippen molar-refractivity contribution in [2.75, 3.05) is 6.54 Å². The summed E-state index contributed by atoms with van der Waals surface area (Å²) in [6, 6.07) is 0.474. The van der Waals surface area contributed by atoms with E-state index >= 15 is 0 Å². The molecule has 3 heteroatoms. The van der Waals surface area contributed by atoms with E-state index in [1.165, 1.54) is 42.6 Å². The largest absolute Gasteiger partial charge is 0.314 e. The van der Waals surface area contributed by atoms with E-state index < -0.39 is 0 Å². The third kappa shape index (κ3) is 3.53. The number of aromatic nitrogens is 2. The van der Waals surface area contributed by atoms with E-state index in [0.29, 0.717) is 12.0 Å². The summed E-state index contributed by atoms with van der Waals surface area (Å²) in [6.45, 7) is 7.85. The van der Waals surface area contributed by atoms with Crippen LogP contribution in [0.1, 0.15) is 69.3 Å². The minimum absolute atomic E-state index is 0.460. The zero-order valence-electron chi connectivity index (χ0n) is 12.6. The number of aryl methyl sites for hydroxylation is 1. The highest BCUT2D eigenvalue weighted by atomic mass is 14.9. The number of hydrogen-bond donors (Lipinski definition) is 1. The van der Waals surface area contributed by atoms with Gasteiger partial charge in [0.25, 0.3) is 0 Å². The second-order valence-electron chi connectivity index (χ2n) is 5.78. The van der Waals surface area contributed by atoms with Gasteiger partial charge in [-0.2, -0.15) is 0 Å². The summed E-state index contributed by atoms with van der Waals surface area (Å²) >= 11 is 0. The van der Waals surface area contributed by atoms with E-state index in [0.717, 1.165) is 19.4 Å². The Labute approximate surface area is 117 Å². The van der Waals surface area contributed by atoms with Crippen LogP contribution < -0.4 is 5.32 Å². The summed E-state index contributed by atoms with van der Waals surface area (Å²) in [4.78, 5) is 9.12. The first-order valence-corrected chi connectivity index (χ1v) is 7.80. The molecule has 3 nitrogen and oxygen atoms in total. The zero-order valence-corrected chi connectivity index (χ0v) is 12.6. The molecule has 0 bridgehead atoms. The van der Waals surface area contributed by atoms with Crippen molar-refractivity contribution in [1.29, 1.82) is 0 Å². The van der Waals surface area contributed by atoms with E-state index in [1.807, 2.05) is 0 Å². The zero-order chi connectivity index (χ0) is 13.7. The molecule has 19 heavy (non-hydrogen) atoms. The molecule has 1 N–H and O–H groups in total. The van der Waals surface area contributed by atoms with Crippen molar-refractivity contribution < 1.29 is 0 Å². The van der Waals surface area contributed by atoms with Gasteiger partial charge in [-0.25, -0.2) is 9.97 Å². The van der Waals surface area contributed by atoms with Crippen LogP contribution in [0.15, 0.2) is 6.33 Å². The molecule has 1 aromatic heterocycles. The molecule has 0 fully saturated rings. The molecule has 2 unspecified atom stereocenters. The fourth-order valence-corrected chi connectivity index (χ4v) is 2.90. The highest BCUT2D eigenvalue weighted by Crippen LogP contribution is 2.27. The Morgan fingerprint density at radius 1 is 1.16 bits per heavy atom. The van der Waals surface area contributed by atoms with Crippen molar-refractivity contribution in [2.45, 2.75) is 71.3 Å². The summed E-state index contributed by atoms with van der Waals surface area (Å²) in [6.07, 6.45) is 9.14. The van der Waals surface area contributed by atoms with E-state index in [9.17, 15) is 0 Å². The number of hydrogen-bond acceptors (Lipinski definition) is 3. The molecular weight excluding hydrogens is 234 g/mol. The predicted molar refractivity (Wildman–Crippen MR) is 79.5 cm³/mol. The van der Waals surface area contributed by atoms with E-state index in [-0.39, 0.29) is 0 Å². The maximum Gasteiger partial charge on any atom is 0.115 e. The summed E-state index contributed by atoms with van der Waals surface area (Å²) in [5.74, 6) is 0.460. The van der Waals surface area contributed by atoms with Crippen LogP contribution >= 0.6 is 0 Å². The fourth-order valence-electron chi connectivity index (χ4n) is 2.90. The Kier molecular flexibility index (Phi) is 5.32. The Hall–Kier alpha value is -0.960. The monoisotopic (exact) mass is 261 g/mol. The van der Waals surface area contributed by atoms with Gasteiger partial charge in [0.15, 0.2) is 0 Å². The highest BCUT2D eigenvalue weighted by molar-refractivity contribution is 5.29. The SMILES string of the molecule is CCCNC(C)C(C)c1ncnc2c1CCCCC2. The van der Waals surface area contributed by atoms with Crippen LogP contribution in [0, 0.1) is 0 Å². The molecule has 1 aliphatic carbocycles. The number of rotatable bonds is 5. The van der Waals surface area contributed by atoms with Gasteiger partial charge in [0.05, 0.1) is 5.69 Å². The minimum Gasteiger partial charge on any atom is -0.314 e. The Morgan fingerprint density at radius 3 is 2.74 bits per heavy atom. The standard InChI is InChI=1S/C16H27N3/c1-4-10-17-13(3)12(2)16-14-8-6-5-7-9-15(14)18-11-19-16/h11-13,17H,4-10H2,1-3H3. The highest BCUT2D eigenvalue weighted by Gasteiger charge is 2.21. The lowest BCUT2D eigenvalue weighted by Gasteiger charge is -2.23. The van der Waals surface area contributed by atoms with Gasteiger partial charge in [-0.05, 0) is 51.1 Å². The normalized spacial score (nSPS) is 18.5. The van der Waals surface area contributed by atoms with Gasteiger partial charge in [-0.3, -0.25) is 0 Å². The molecule has 1 aromatic rings. The van der Waals surface area contributed by atoms with Crippen LogP contribution in [0.5, 0.6) is 0 Å². The van der Waals surface area contributed by atoms with Crippen LogP contribution in [0.2, 0.25) is 0 Å². The second kappa shape index (κ2) is 6.99. The van der Waals surface area contributed by atoms with Gasteiger partial charge in [0, 0.05) is 17.7 Å². The first-order valence-electron chi connectivity index (χ1n) is 7.80. The average molecular weight is 261 g/mol. The van der Waals surface area contributed by atoms with Gasteiger partial charge < -0.3 is 5.32 Å². The lowest BCUT2D eigenvalue weighted by atomic mass is 9.92. The maximum atomic E-state index is 4.61. The van der Waals surface area contributed by atoms with E-state index in [4.69, 9.17) is 0 Å². The van der Waals surface area contributed by atoms with E-state index in [1.54, 1.807) is 6.33 Å². The summed E-state index contributed by atoms with van der Waals surface area (Å²) < 4.78 is 0. The van der Waals surface area contributed by atoms with E-state index in [2.05, 4.69) is 36.1 Å². The van der Waals surface area contributed by atoms with Gasteiger partial charge in [-0.1, -0.05) is 20.3 Å². The van der Waals surface area contributed by atoms with Gasteiger partial charge in [0.2, 0.25) is 0 Å². The molecule has 0 spiro atoms. The smallest absolute Gasteiger partial charge is 0.115 e. The summed E-state index contributed by atoms with van der Waals surface area (Å²) in [5, 5.41) is 3.59. The first kappa shape index (κ1) is 14.4. The molecular formula is C16H27N3. The van der Waals surface area contributed by atoms with Crippen LogP contribution in [0.3, 0.4) is 0 Å². The molecule has 0 radical (unpaired) electrons. The van der Waals surface area contributed by atoms with Crippen molar-refractivity contribution >= 4 is 0 Å². The van der Waals surface area contributed by atoms with Crippen molar-refractivity contribution in [2.24, 2.45) is 0 Å². The molecule has 0 saturated heterocycles. The number of nitrogens with zero attached hydrogens (tertiary/aromatic N) is 2. The molecule has 0 aromatic carbocycles. The van der Waals surface area contributed by atoms with Crippen LogP contribution in [0.25, 0.3) is 0 Å². The average Bonchev–Trinajstić information content (AvgIpc) is 2.68. The third-order valence-corrected chi connectivity index (χ3v) is 4.31. The van der Waals surface area contributed by atoms with Gasteiger partial charge >= 0.3 is 0 Å². The minimum atomic E-state index is 0.460.